The fourth-order valence-electron chi connectivity index (χ4n) is 7.40. The molecule has 374 valence electrons. The third-order valence-corrected chi connectivity index (χ3v) is 11.7. The van der Waals surface area contributed by atoms with E-state index in [1.54, 1.807) is 13.8 Å². The van der Waals surface area contributed by atoms with Crippen molar-refractivity contribution >= 4 is 41.3 Å². The molecule has 2 aromatic rings. The van der Waals surface area contributed by atoms with Gasteiger partial charge in [0, 0.05) is 32.1 Å². The van der Waals surface area contributed by atoms with Crippen molar-refractivity contribution in [2.45, 2.75) is 91.1 Å². The summed E-state index contributed by atoms with van der Waals surface area (Å²) in [5.74, 6) is -2.54. The summed E-state index contributed by atoms with van der Waals surface area (Å²) in [6.07, 6.45) is 4.96. The normalized spacial score (nSPS) is 12.0. The summed E-state index contributed by atoms with van der Waals surface area (Å²) in [7, 11) is 1.85. The zero-order chi connectivity index (χ0) is 49.7. The van der Waals surface area contributed by atoms with Crippen molar-refractivity contribution in [3.63, 3.8) is 0 Å². The Bertz CT molecular complexity index is 1810. The highest BCUT2D eigenvalue weighted by atomic mass is 16.2. The maximum Gasteiger partial charge on any atom is 0.243 e. The summed E-state index contributed by atoms with van der Waals surface area (Å²) in [4.78, 5) is 98.3. The molecule has 18 heteroatoms. The number of hydrogen-bond acceptors (Lipinski definition) is 11. The van der Waals surface area contributed by atoms with Gasteiger partial charge in [-0.15, -0.1) is 0 Å². The standard InChI is InChI=1S/C49H82N12O6/c1-38(2)43(62)32-60(39(3)41-20-8-6-9-21-41)47(66)35-59(30-18-14-26-52)46(65)37-61(40(4)42-22-10-7-11-23-42)48(67)36-58(31-19-15-27-55-49(53)54)45(64)34-57(29-17-13-25-51)44(63)33-56(5)28-16-12-24-50/h6-11,20-23,38-40H,12-19,24-37,50-52H2,1-5H3,(H4,53,54,55)/t39-,40-/m0/s1. The molecule has 10 N–H and O–H groups in total. The van der Waals surface area contributed by atoms with Gasteiger partial charge < -0.3 is 53.2 Å². The molecule has 0 spiro atoms. The highest BCUT2D eigenvalue weighted by molar-refractivity contribution is 5.93. The number of aliphatic imine (C=N–C) groups is 1. The van der Waals surface area contributed by atoms with Crippen LogP contribution in [0.4, 0.5) is 0 Å². The van der Waals surface area contributed by atoms with E-state index in [1.165, 1.54) is 24.5 Å². The molecule has 0 aliphatic rings. The van der Waals surface area contributed by atoms with E-state index in [4.69, 9.17) is 28.7 Å². The van der Waals surface area contributed by atoms with Crippen molar-refractivity contribution in [1.82, 2.24) is 29.4 Å². The maximum absolute atomic E-state index is 14.8. The van der Waals surface area contributed by atoms with E-state index in [9.17, 15) is 28.8 Å². The average Bonchev–Trinajstić information content (AvgIpc) is 3.31. The van der Waals surface area contributed by atoms with Gasteiger partial charge in [0.05, 0.1) is 44.8 Å². The first-order valence-corrected chi connectivity index (χ1v) is 23.9. The Labute approximate surface area is 399 Å². The van der Waals surface area contributed by atoms with Crippen molar-refractivity contribution in [3.05, 3.63) is 71.8 Å². The van der Waals surface area contributed by atoms with Gasteiger partial charge in [0.15, 0.2) is 11.7 Å². The lowest BCUT2D eigenvalue weighted by Gasteiger charge is -2.35. The van der Waals surface area contributed by atoms with Gasteiger partial charge >= 0.3 is 0 Å². The lowest BCUT2D eigenvalue weighted by molar-refractivity contribution is -0.149. The zero-order valence-corrected chi connectivity index (χ0v) is 41.0. The van der Waals surface area contributed by atoms with Crippen LogP contribution in [0.15, 0.2) is 65.7 Å². The van der Waals surface area contributed by atoms with Crippen LogP contribution in [-0.2, 0) is 28.8 Å². The number of amides is 5. The molecule has 0 aromatic heterocycles. The predicted octanol–water partition coefficient (Wildman–Crippen LogP) is 2.08. The molecule has 0 radical (unpaired) electrons. The number of hydrogen-bond donors (Lipinski definition) is 5. The van der Waals surface area contributed by atoms with E-state index in [0.717, 1.165) is 24.0 Å². The minimum Gasteiger partial charge on any atom is -0.370 e. The SMILES string of the molecule is CC(C)C(=O)CN(C(=O)CN(CCCCN)C(=O)CN(C(=O)CN(CCCCN=C(N)N)C(=O)CN(CCCCN)C(=O)CN(C)CCCCN)[C@@H](C)c1ccccc1)[C@@H](C)c1ccccc1. The summed E-state index contributed by atoms with van der Waals surface area (Å²) < 4.78 is 0. The Kier molecular flexibility index (Phi) is 27.8. The third kappa shape index (κ3) is 21.8. The first-order chi connectivity index (χ1) is 32.0. The highest BCUT2D eigenvalue weighted by Gasteiger charge is 2.32. The largest absolute Gasteiger partial charge is 0.370 e. The van der Waals surface area contributed by atoms with Crippen LogP contribution < -0.4 is 28.7 Å². The molecule has 67 heavy (non-hydrogen) atoms. The number of benzene rings is 2. The van der Waals surface area contributed by atoms with Gasteiger partial charge in [0.25, 0.3) is 0 Å². The quantitative estimate of drug-likeness (QED) is 0.0384. The lowest BCUT2D eigenvalue weighted by atomic mass is 10.0. The molecule has 0 aliphatic heterocycles. The fourth-order valence-corrected chi connectivity index (χ4v) is 7.40. The number of nitrogens with zero attached hydrogens (tertiary/aromatic N) is 7. The van der Waals surface area contributed by atoms with Crippen LogP contribution in [0, 0.1) is 5.92 Å². The summed E-state index contributed by atoms with van der Waals surface area (Å²) in [6, 6.07) is 17.6. The molecule has 0 aliphatic carbocycles. The maximum atomic E-state index is 14.8. The van der Waals surface area contributed by atoms with Crippen molar-refractivity contribution < 1.29 is 28.8 Å². The Morgan fingerprint density at radius 1 is 0.478 bits per heavy atom. The molecule has 5 amide bonds. The molecule has 2 rings (SSSR count). The predicted molar refractivity (Wildman–Crippen MR) is 265 cm³/mol. The Morgan fingerprint density at radius 2 is 0.851 bits per heavy atom. The van der Waals surface area contributed by atoms with E-state index >= 15 is 0 Å². The van der Waals surface area contributed by atoms with Crippen LogP contribution in [0.3, 0.4) is 0 Å². The first-order valence-electron chi connectivity index (χ1n) is 23.9. The second-order valence-corrected chi connectivity index (χ2v) is 17.5. The monoisotopic (exact) mass is 935 g/mol. The average molecular weight is 935 g/mol. The molecule has 0 heterocycles. The second kappa shape index (κ2) is 32.3. The second-order valence-electron chi connectivity index (χ2n) is 17.5. The van der Waals surface area contributed by atoms with Crippen LogP contribution in [0.2, 0.25) is 0 Å². The molecule has 2 aromatic carbocycles. The molecule has 2 atom stereocenters. The molecule has 0 unspecified atom stereocenters. The Hall–Kier alpha value is -5.43. The number of carbonyl (C=O) groups is 6. The lowest BCUT2D eigenvalue weighted by Crippen LogP contribution is -2.52. The number of unbranched alkanes of at least 4 members (excludes halogenated alkanes) is 4. The number of carbonyl (C=O) groups excluding carboxylic acids is 6. The molecule has 18 nitrogen and oxygen atoms in total. The topological polar surface area (TPSA) is 264 Å². The molecular weight excluding hydrogens is 853 g/mol. The van der Waals surface area contributed by atoms with E-state index in [-0.39, 0.29) is 69.4 Å². The van der Waals surface area contributed by atoms with Gasteiger partial charge in [-0.05, 0) is 110 Å². The smallest absolute Gasteiger partial charge is 0.243 e. The summed E-state index contributed by atoms with van der Waals surface area (Å²) >= 11 is 0. The van der Waals surface area contributed by atoms with Crippen LogP contribution >= 0.6 is 0 Å². The molecular formula is C49H82N12O6. The molecule has 0 saturated heterocycles. The molecule has 0 bridgehead atoms. The third-order valence-electron chi connectivity index (χ3n) is 11.7. The highest BCUT2D eigenvalue weighted by Crippen LogP contribution is 2.23. The van der Waals surface area contributed by atoms with Crippen molar-refractivity contribution in [2.24, 2.45) is 39.6 Å². The number of ketones is 1. The zero-order valence-electron chi connectivity index (χ0n) is 41.0. The van der Waals surface area contributed by atoms with Crippen LogP contribution in [0.1, 0.15) is 102 Å². The van der Waals surface area contributed by atoms with E-state index < -0.39 is 42.3 Å². The van der Waals surface area contributed by atoms with Crippen LogP contribution in [0.25, 0.3) is 0 Å². The van der Waals surface area contributed by atoms with Crippen LogP contribution in [0.5, 0.6) is 0 Å². The Balaban J connectivity index is 2.54. The Morgan fingerprint density at radius 3 is 1.27 bits per heavy atom. The minimum absolute atomic E-state index is 0.0563. The van der Waals surface area contributed by atoms with Crippen LogP contribution in [-0.4, -0.2) is 169 Å². The molecule has 0 saturated carbocycles. The van der Waals surface area contributed by atoms with Gasteiger partial charge in [-0.25, -0.2) is 0 Å². The van der Waals surface area contributed by atoms with E-state index in [1.807, 2.05) is 86.5 Å². The van der Waals surface area contributed by atoms with Crippen molar-refractivity contribution in [2.75, 3.05) is 98.7 Å². The van der Waals surface area contributed by atoms with Gasteiger partial charge in [-0.1, -0.05) is 74.5 Å². The van der Waals surface area contributed by atoms with Gasteiger partial charge in [0.1, 0.15) is 6.54 Å². The van der Waals surface area contributed by atoms with Gasteiger partial charge in [0.2, 0.25) is 29.5 Å². The van der Waals surface area contributed by atoms with Crippen molar-refractivity contribution in [3.8, 4) is 0 Å². The van der Waals surface area contributed by atoms with Crippen molar-refractivity contribution in [1.29, 1.82) is 0 Å². The summed E-state index contributed by atoms with van der Waals surface area (Å²) in [5, 5.41) is 0. The number of rotatable bonds is 34. The fraction of sp³-hybridized carbons (Fsp3) is 0.612. The summed E-state index contributed by atoms with van der Waals surface area (Å²) in [5.41, 5.74) is 30.0. The number of likely N-dealkylation sites (N-methyl/N-ethyl adjacent to an activating group) is 1. The number of nitrogens with two attached hydrogens (primary N) is 5. The first kappa shape index (κ1) is 57.7. The van der Waals surface area contributed by atoms with Gasteiger partial charge in [-0.3, -0.25) is 38.7 Å². The van der Waals surface area contributed by atoms with Gasteiger partial charge in [-0.2, -0.15) is 0 Å². The van der Waals surface area contributed by atoms with E-state index in [0.29, 0.717) is 77.8 Å². The van der Waals surface area contributed by atoms with E-state index in [2.05, 4.69) is 4.99 Å². The summed E-state index contributed by atoms with van der Waals surface area (Å²) in [6.45, 7) is 8.82. The minimum atomic E-state index is -0.625. The number of guanidine groups is 1. The molecule has 0 fully saturated rings. The number of Topliss-reactive ketones (excluding diaryl/α,β-unsaturated/α-hetero) is 1.